The van der Waals surface area contributed by atoms with Crippen LogP contribution in [0, 0.1) is 5.41 Å². The Kier molecular flexibility index (Phi) is 6.06. The van der Waals surface area contributed by atoms with E-state index in [0.717, 1.165) is 4.90 Å². The van der Waals surface area contributed by atoms with Crippen molar-refractivity contribution >= 4 is 23.8 Å². The van der Waals surface area contributed by atoms with Crippen LogP contribution in [0.2, 0.25) is 0 Å². The van der Waals surface area contributed by atoms with Crippen molar-refractivity contribution in [1.82, 2.24) is 15.1 Å². The summed E-state index contributed by atoms with van der Waals surface area (Å²) >= 11 is 0. The van der Waals surface area contributed by atoms with Crippen LogP contribution in [-0.4, -0.2) is 65.9 Å². The normalized spacial score (nSPS) is 15.1. The summed E-state index contributed by atoms with van der Waals surface area (Å²) in [4.78, 5) is 53.1. The van der Waals surface area contributed by atoms with Crippen LogP contribution in [0.1, 0.15) is 55.3 Å². The molecule has 2 rings (SSSR count). The van der Waals surface area contributed by atoms with E-state index in [9.17, 15) is 19.2 Å². The van der Waals surface area contributed by atoms with Crippen LogP contribution in [0.15, 0.2) is 24.3 Å². The van der Waals surface area contributed by atoms with Crippen LogP contribution >= 0.6 is 0 Å². The Morgan fingerprint density at radius 3 is 1.93 bits per heavy atom. The maximum absolute atomic E-state index is 12.8. The molecule has 4 amide bonds. The zero-order valence-electron chi connectivity index (χ0n) is 18.0. The van der Waals surface area contributed by atoms with Gasteiger partial charge in [-0.05, 0) is 32.9 Å². The van der Waals surface area contributed by atoms with E-state index >= 15 is 0 Å². The lowest BCUT2D eigenvalue weighted by molar-refractivity contribution is -0.134. The van der Waals surface area contributed by atoms with Crippen LogP contribution in [0.3, 0.4) is 0 Å². The molecule has 0 radical (unpaired) electrons. The Balaban J connectivity index is 2.28. The number of hydrogen-bond donors (Lipinski definition) is 1. The molecule has 0 aliphatic carbocycles. The first-order chi connectivity index (χ1) is 13.2. The van der Waals surface area contributed by atoms with Crippen molar-refractivity contribution < 1.29 is 23.9 Å². The fourth-order valence-electron chi connectivity index (χ4n) is 3.16. The third-order valence-corrected chi connectivity index (χ3v) is 4.57. The number of carbonyl (C=O) groups excluding carboxylic acids is 4. The number of likely N-dealkylation sites (N-methyl/N-ethyl adjacent to an activating group) is 1. The minimum atomic E-state index is -1.00. The number of hydrogen-bond acceptors (Lipinski definition) is 5. The van der Waals surface area contributed by atoms with Gasteiger partial charge in [-0.2, -0.15) is 0 Å². The molecule has 1 unspecified atom stereocenters. The number of fused-ring (bicyclic) bond motifs is 1. The van der Waals surface area contributed by atoms with Crippen LogP contribution in [-0.2, 0) is 9.53 Å². The number of carbonyl (C=O) groups is 4. The molecule has 0 bridgehead atoms. The Hall–Kier alpha value is -2.90. The second-order valence-electron chi connectivity index (χ2n) is 9.04. The lowest BCUT2D eigenvalue weighted by atomic mass is 9.82. The standard InChI is InChI=1S/C21H29N3O5/c1-20(2,3)29-19(28)22-15(18(27)23(6)7)21(4,5)12-24-16(25)13-10-8-9-11-14(13)17(24)26/h8-11,15H,12H2,1-7H3,(H,22,28). The van der Waals surface area contributed by atoms with Crippen LogP contribution in [0.4, 0.5) is 4.79 Å². The van der Waals surface area contributed by atoms with E-state index < -0.39 is 35.0 Å². The first-order valence-corrected chi connectivity index (χ1v) is 9.40. The molecule has 8 heteroatoms. The van der Waals surface area contributed by atoms with E-state index in [2.05, 4.69) is 5.32 Å². The summed E-state index contributed by atoms with van der Waals surface area (Å²) in [6.45, 7) is 8.57. The van der Waals surface area contributed by atoms with Gasteiger partial charge in [0.2, 0.25) is 5.91 Å². The Bertz CT molecular complexity index is 804. The van der Waals surface area contributed by atoms with Crippen molar-refractivity contribution in [2.45, 2.75) is 46.3 Å². The van der Waals surface area contributed by atoms with Crippen molar-refractivity contribution in [1.29, 1.82) is 0 Å². The highest BCUT2D eigenvalue weighted by Gasteiger charge is 2.44. The SMILES string of the molecule is CN(C)C(=O)C(NC(=O)OC(C)(C)C)C(C)(C)CN1C(=O)c2ccccc2C1=O. The van der Waals surface area contributed by atoms with E-state index in [0.29, 0.717) is 11.1 Å². The highest BCUT2D eigenvalue weighted by Crippen LogP contribution is 2.30. The molecular formula is C21H29N3O5. The smallest absolute Gasteiger partial charge is 0.408 e. The predicted molar refractivity (Wildman–Crippen MR) is 107 cm³/mol. The Labute approximate surface area is 171 Å². The number of rotatable bonds is 5. The lowest BCUT2D eigenvalue weighted by Gasteiger charge is -2.37. The zero-order valence-corrected chi connectivity index (χ0v) is 18.0. The van der Waals surface area contributed by atoms with Crippen LogP contribution < -0.4 is 5.32 Å². The van der Waals surface area contributed by atoms with E-state index in [4.69, 9.17) is 4.74 Å². The van der Waals surface area contributed by atoms with Gasteiger partial charge in [-0.25, -0.2) is 4.79 Å². The second-order valence-corrected chi connectivity index (χ2v) is 9.04. The topological polar surface area (TPSA) is 96.0 Å². The minimum Gasteiger partial charge on any atom is -0.444 e. The van der Waals surface area contributed by atoms with Crippen molar-refractivity contribution in [3.63, 3.8) is 0 Å². The highest BCUT2D eigenvalue weighted by atomic mass is 16.6. The third-order valence-electron chi connectivity index (χ3n) is 4.57. The van der Waals surface area contributed by atoms with E-state index in [1.165, 1.54) is 4.90 Å². The summed E-state index contributed by atoms with van der Waals surface area (Å²) in [6.07, 6.45) is -0.742. The van der Waals surface area contributed by atoms with Gasteiger partial charge in [0, 0.05) is 26.1 Å². The minimum absolute atomic E-state index is 0.0423. The summed E-state index contributed by atoms with van der Waals surface area (Å²) in [5, 5.41) is 2.62. The monoisotopic (exact) mass is 403 g/mol. The fourth-order valence-corrected chi connectivity index (χ4v) is 3.16. The molecule has 1 heterocycles. The summed E-state index contributed by atoms with van der Waals surface area (Å²) in [6, 6.07) is 5.59. The third kappa shape index (κ3) is 4.93. The number of nitrogens with one attached hydrogen (secondary N) is 1. The molecule has 29 heavy (non-hydrogen) atoms. The predicted octanol–water partition coefficient (Wildman–Crippen LogP) is 2.29. The lowest BCUT2D eigenvalue weighted by Crippen LogP contribution is -2.58. The van der Waals surface area contributed by atoms with Crippen molar-refractivity contribution in [3.05, 3.63) is 35.4 Å². The number of nitrogens with zero attached hydrogens (tertiary/aromatic N) is 2. The molecule has 1 aromatic carbocycles. The average Bonchev–Trinajstić information content (AvgIpc) is 2.82. The molecule has 8 nitrogen and oxygen atoms in total. The summed E-state index contributed by atoms with van der Waals surface area (Å²) in [7, 11) is 3.15. The molecule has 1 aromatic rings. The molecule has 1 aliphatic heterocycles. The van der Waals surface area contributed by atoms with E-state index in [-0.39, 0.29) is 12.5 Å². The maximum Gasteiger partial charge on any atom is 0.408 e. The Morgan fingerprint density at radius 1 is 1.03 bits per heavy atom. The van der Waals surface area contributed by atoms with Gasteiger partial charge in [0.1, 0.15) is 11.6 Å². The average molecular weight is 403 g/mol. The first-order valence-electron chi connectivity index (χ1n) is 9.40. The fraction of sp³-hybridized carbons (Fsp3) is 0.524. The van der Waals surface area contributed by atoms with Gasteiger partial charge in [-0.15, -0.1) is 0 Å². The molecule has 0 aromatic heterocycles. The van der Waals surface area contributed by atoms with Gasteiger partial charge >= 0.3 is 6.09 Å². The zero-order chi connectivity index (χ0) is 22.1. The Morgan fingerprint density at radius 2 is 1.52 bits per heavy atom. The number of imide groups is 1. The van der Waals surface area contributed by atoms with E-state index in [1.54, 1.807) is 73.0 Å². The number of benzene rings is 1. The van der Waals surface area contributed by atoms with Gasteiger partial charge in [-0.3, -0.25) is 19.3 Å². The van der Waals surface area contributed by atoms with Crippen molar-refractivity contribution in [3.8, 4) is 0 Å². The number of ether oxygens (including phenoxy) is 1. The molecule has 0 spiro atoms. The molecule has 1 atom stereocenters. The van der Waals surface area contributed by atoms with E-state index in [1.807, 2.05) is 0 Å². The summed E-state index contributed by atoms with van der Waals surface area (Å²) in [5.74, 6) is -1.18. The first kappa shape index (κ1) is 22.4. The number of alkyl carbamates (subject to hydrolysis) is 1. The van der Waals surface area contributed by atoms with Crippen LogP contribution in [0.5, 0.6) is 0 Å². The molecule has 0 saturated heterocycles. The molecule has 1 N–H and O–H groups in total. The van der Waals surface area contributed by atoms with Gasteiger partial charge < -0.3 is 15.0 Å². The molecule has 158 valence electrons. The van der Waals surface area contributed by atoms with Gasteiger partial charge in [0.05, 0.1) is 11.1 Å². The quantitative estimate of drug-likeness (QED) is 0.761. The largest absolute Gasteiger partial charge is 0.444 e. The van der Waals surface area contributed by atoms with Gasteiger partial charge in [0.15, 0.2) is 0 Å². The molecule has 0 saturated carbocycles. The van der Waals surface area contributed by atoms with Gasteiger partial charge in [0.25, 0.3) is 11.8 Å². The second kappa shape index (κ2) is 7.85. The molecular weight excluding hydrogens is 374 g/mol. The molecule has 1 aliphatic rings. The summed E-state index contributed by atoms with van der Waals surface area (Å²) in [5.41, 5.74) is -1.01. The summed E-state index contributed by atoms with van der Waals surface area (Å²) < 4.78 is 5.29. The molecule has 0 fully saturated rings. The van der Waals surface area contributed by atoms with Crippen molar-refractivity contribution in [2.24, 2.45) is 5.41 Å². The highest BCUT2D eigenvalue weighted by molar-refractivity contribution is 6.21. The van der Waals surface area contributed by atoms with Crippen LogP contribution in [0.25, 0.3) is 0 Å². The van der Waals surface area contributed by atoms with Crippen molar-refractivity contribution in [2.75, 3.05) is 20.6 Å². The maximum atomic E-state index is 12.8. The van der Waals surface area contributed by atoms with Gasteiger partial charge in [-0.1, -0.05) is 26.0 Å². The number of amides is 4.